The molecular weight excluding hydrogens is 187 g/mol. The van der Waals surface area contributed by atoms with Gasteiger partial charge < -0.3 is 9.47 Å². The summed E-state index contributed by atoms with van der Waals surface area (Å²) in [6.45, 7) is 4.48. The predicted molar refractivity (Wildman–Crippen MR) is 47.3 cm³/mol. The van der Waals surface area contributed by atoms with E-state index in [1.165, 1.54) is 0 Å². The molecule has 0 aromatic heterocycles. The van der Waals surface area contributed by atoms with Crippen molar-refractivity contribution in [1.29, 1.82) is 0 Å². The average Bonchev–Trinajstić information content (AvgIpc) is 2.03. The number of hydrogen-bond acceptors (Lipinski definition) is 2. The average molecular weight is 199 g/mol. The Hall–Kier alpha value is 0.240. The first-order valence-electron chi connectivity index (χ1n) is 3.27. The predicted octanol–water partition coefficient (Wildman–Crippen LogP) is 2.01. The normalized spacial score (nSPS) is 12.9. The Kier molecular flexibility index (Phi) is 8.52. The Morgan fingerprint density at radius 3 is 2.64 bits per heavy atom. The Morgan fingerprint density at radius 1 is 1.45 bits per heavy atom. The third kappa shape index (κ3) is 6.63. The van der Waals surface area contributed by atoms with E-state index in [-0.39, 0.29) is 12.2 Å². The number of halogens is 2. The van der Waals surface area contributed by atoms with Gasteiger partial charge in [0.25, 0.3) is 0 Å². The molecule has 0 saturated carbocycles. The van der Waals surface area contributed by atoms with Crippen molar-refractivity contribution >= 4 is 23.2 Å². The molecule has 66 valence electrons. The van der Waals surface area contributed by atoms with Crippen molar-refractivity contribution in [3.05, 3.63) is 12.7 Å². The van der Waals surface area contributed by atoms with Crippen LogP contribution >= 0.6 is 23.2 Å². The summed E-state index contributed by atoms with van der Waals surface area (Å²) in [4.78, 5) is 0. The number of rotatable bonds is 7. The summed E-state index contributed by atoms with van der Waals surface area (Å²) in [6, 6.07) is 0.148. The molecule has 0 radical (unpaired) electrons. The van der Waals surface area contributed by atoms with Crippen LogP contribution < -0.4 is 0 Å². The quantitative estimate of drug-likeness (QED) is 0.354. The van der Waals surface area contributed by atoms with Crippen molar-refractivity contribution < 1.29 is 9.47 Å². The molecule has 0 saturated heterocycles. The van der Waals surface area contributed by atoms with Crippen LogP contribution in [-0.4, -0.2) is 31.3 Å². The molecule has 0 bridgehead atoms. The van der Waals surface area contributed by atoms with Crippen LogP contribution in [0.4, 0.5) is 0 Å². The SMILES string of the molecule is C=CCOCC(CCl)OCCl. The highest BCUT2D eigenvalue weighted by atomic mass is 35.5. The Balaban J connectivity index is 3.27. The zero-order chi connectivity index (χ0) is 8.53. The summed E-state index contributed by atoms with van der Waals surface area (Å²) in [7, 11) is 0. The maximum absolute atomic E-state index is 5.54. The second kappa shape index (κ2) is 8.34. The van der Waals surface area contributed by atoms with Crippen LogP contribution in [-0.2, 0) is 9.47 Å². The van der Waals surface area contributed by atoms with E-state index in [1.807, 2.05) is 0 Å². The van der Waals surface area contributed by atoms with E-state index < -0.39 is 0 Å². The largest absolute Gasteiger partial charge is 0.375 e. The molecule has 0 heterocycles. The summed E-state index contributed by atoms with van der Waals surface area (Å²) in [5, 5.41) is 0. The van der Waals surface area contributed by atoms with Crippen LogP contribution in [0.3, 0.4) is 0 Å². The van der Waals surface area contributed by atoms with Crippen molar-refractivity contribution in [3.63, 3.8) is 0 Å². The van der Waals surface area contributed by atoms with E-state index in [2.05, 4.69) is 6.58 Å². The fourth-order valence-electron chi connectivity index (χ4n) is 0.509. The minimum atomic E-state index is -0.117. The number of hydrogen-bond donors (Lipinski definition) is 0. The highest BCUT2D eigenvalue weighted by molar-refractivity contribution is 6.18. The lowest BCUT2D eigenvalue weighted by atomic mass is 10.4. The molecule has 0 aliphatic rings. The van der Waals surface area contributed by atoms with Crippen molar-refractivity contribution in [2.75, 3.05) is 25.2 Å². The third-order valence-electron chi connectivity index (χ3n) is 1.01. The van der Waals surface area contributed by atoms with Gasteiger partial charge >= 0.3 is 0 Å². The Labute approximate surface area is 77.1 Å². The van der Waals surface area contributed by atoms with Gasteiger partial charge in [-0.3, -0.25) is 0 Å². The molecule has 0 amide bonds. The maximum Gasteiger partial charge on any atom is 0.121 e. The molecule has 0 aromatic carbocycles. The van der Waals surface area contributed by atoms with Gasteiger partial charge in [0, 0.05) is 0 Å². The fraction of sp³-hybridized carbons (Fsp3) is 0.714. The molecule has 11 heavy (non-hydrogen) atoms. The standard InChI is InChI=1S/C7H12Cl2O2/c1-2-3-10-5-7(4-8)11-6-9/h2,7H,1,3-6H2. The van der Waals surface area contributed by atoms with E-state index >= 15 is 0 Å². The molecule has 0 aliphatic heterocycles. The van der Waals surface area contributed by atoms with E-state index in [1.54, 1.807) is 6.08 Å². The van der Waals surface area contributed by atoms with Crippen molar-refractivity contribution in [2.24, 2.45) is 0 Å². The van der Waals surface area contributed by atoms with Gasteiger partial charge in [0.2, 0.25) is 0 Å². The Bertz CT molecular complexity index is 98.4. The minimum Gasteiger partial charge on any atom is -0.375 e. The molecule has 0 aromatic rings. The van der Waals surface area contributed by atoms with Gasteiger partial charge in [-0.1, -0.05) is 17.7 Å². The summed E-state index contributed by atoms with van der Waals surface area (Å²) < 4.78 is 10.1. The van der Waals surface area contributed by atoms with E-state index in [9.17, 15) is 0 Å². The van der Waals surface area contributed by atoms with Crippen LogP contribution in [0.15, 0.2) is 12.7 Å². The van der Waals surface area contributed by atoms with Crippen molar-refractivity contribution in [1.82, 2.24) is 0 Å². The summed E-state index contributed by atoms with van der Waals surface area (Å²) >= 11 is 10.9. The molecule has 0 fully saturated rings. The van der Waals surface area contributed by atoms with Crippen LogP contribution in [0, 0.1) is 0 Å². The van der Waals surface area contributed by atoms with Gasteiger partial charge in [-0.25, -0.2) is 0 Å². The van der Waals surface area contributed by atoms with Gasteiger partial charge in [0.05, 0.1) is 25.2 Å². The van der Waals surface area contributed by atoms with E-state index in [0.717, 1.165) is 0 Å². The maximum atomic E-state index is 5.54. The lowest BCUT2D eigenvalue weighted by molar-refractivity contribution is 0.0220. The fourth-order valence-corrected chi connectivity index (χ4v) is 0.865. The highest BCUT2D eigenvalue weighted by Gasteiger charge is 2.05. The first kappa shape index (κ1) is 11.2. The second-order valence-electron chi connectivity index (χ2n) is 1.88. The van der Waals surface area contributed by atoms with Gasteiger partial charge in [-0.2, -0.15) is 0 Å². The minimum absolute atomic E-state index is 0.117. The topological polar surface area (TPSA) is 18.5 Å². The molecule has 4 heteroatoms. The summed E-state index contributed by atoms with van der Waals surface area (Å²) in [5.41, 5.74) is 0. The van der Waals surface area contributed by atoms with Crippen LogP contribution in [0.1, 0.15) is 0 Å². The van der Waals surface area contributed by atoms with Gasteiger partial charge in [-0.05, 0) is 0 Å². The van der Waals surface area contributed by atoms with Crippen molar-refractivity contribution in [3.8, 4) is 0 Å². The van der Waals surface area contributed by atoms with Crippen molar-refractivity contribution in [2.45, 2.75) is 6.10 Å². The summed E-state index contributed by atoms with van der Waals surface area (Å²) in [5.74, 6) is 0.393. The molecular formula is C7H12Cl2O2. The lowest BCUT2D eigenvalue weighted by Gasteiger charge is -2.12. The van der Waals surface area contributed by atoms with E-state index in [0.29, 0.717) is 19.1 Å². The molecule has 0 N–H and O–H groups in total. The van der Waals surface area contributed by atoms with Crippen LogP contribution in [0.2, 0.25) is 0 Å². The zero-order valence-electron chi connectivity index (χ0n) is 6.26. The molecule has 0 rings (SSSR count). The monoisotopic (exact) mass is 198 g/mol. The Morgan fingerprint density at radius 2 is 2.18 bits per heavy atom. The first-order valence-corrected chi connectivity index (χ1v) is 4.34. The molecule has 2 nitrogen and oxygen atoms in total. The van der Waals surface area contributed by atoms with Crippen LogP contribution in [0.5, 0.6) is 0 Å². The smallest absolute Gasteiger partial charge is 0.121 e. The molecule has 0 aliphatic carbocycles. The second-order valence-corrected chi connectivity index (χ2v) is 2.41. The lowest BCUT2D eigenvalue weighted by Crippen LogP contribution is -2.21. The third-order valence-corrected chi connectivity index (χ3v) is 1.48. The number of alkyl halides is 2. The number of ether oxygens (including phenoxy) is 2. The van der Waals surface area contributed by atoms with Gasteiger partial charge in [-0.15, -0.1) is 18.2 Å². The highest BCUT2D eigenvalue weighted by Crippen LogP contribution is 1.97. The molecule has 0 spiro atoms. The zero-order valence-corrected chi connectivity index (χ0v) is 7.77. The summed E-state index contributed by atoms with van der Waals surface area (Å²) in [6.07, 6.45) is 1.56. The first-order chi connectivity index (χ1) is 5.35. The molecule has 1 atom stereocenters. The van der Waals surface area contributed by atoms with Gasteiger partial charge in [0.15, 0.2) is 0 Å². The molecule has 1 unspecified atom stereocenters. The van der Waals surface area contributed by atoms with Crippen LogP contribution in [0.25, 0.3) is 0 Å². The van der Waals surface area contributed by atoms with E-state index in [4.69, 9.17) is 32.7 Å². The van der Waals surface area contributed by atoms with Gasteiger partial charge in [0.1, 0.15) is 6.07 Å².